The van der Waals surface area contributed by atoms with Gasteiger partial charge in [0.15, 0.2) is 0 Å². The normalized spacial score (nSPS) is 13.5. The van der Waals surface area contributed by atoms with Crippen molar-refractivity contribution in [1.82, 2.24) is 9.71 Å². The van der Waals surface area contributed by atoms with Crippen LogP contribution in [-0.2, 0) is 20.8 Å². The summed E-state index contributed by atoms with van der Waals surface area (Å²) < 4.78 is 37.1. The van der Waals surface area contributed by atoms with Gasteiger partial charge in [-0.1, -0.05) is 6.92 Å². The van der Waals surface area contributed by atoms with Gasteiger partial charge >= 0.3 is 0 Å². The average molecular weight is 277 g/mol. The Hall–Kier alpha value is -0.990. The zero-order valence-corrected chi connectivity index (χ0v) is 11.1. The number of aromatic nitrogens is 1. The SMILES string of the molecule is CCS(=O)CCNS(=O)(=O)c1cnccc1N. The fraction of sp³-hybridized carbons (Fsp3) is 0.444. The second kappa shape index (κ2) is 6.08. The summed E-state index contributed by atoms with van der Waals surface area (Å²) in [5.74, 6) is 0.798. The minimum atomic E-state index is -3.67. The van der Waals surface area contributed by atoms with Crippen molar-refractivity contribution in [3.05, 3.63) is 18.5 Å². The van der Waals surface area contributed by atoms with Crippen LogP contribution in [0, 0.1) is 0 Å². The van der Waals surface area contributed by atoms with Crippen molar-refractivity contribution in [2.75, 3.05) is 23.8 Å². The number of nitrogens with zero attached hydrogens (tertiary/aromatic N) is 1. The summed E-state index contributed by atoms with van der Waals surface area (Å²) in [6, 6.07) is 1.42. The minimum Gasteiger partial charge on any atom is -0.398 e. The van der Waals surface area contributed by atoms with E-state index in [4.69, 9.17) is 5.73 Å². The number of nitrogens with two attached hydrogens (primary N) is 1. The Kier molecular flexibility index (Phi) is 5.03. The van der Waals surface area contributed by atoms with E-state index >= 15 is 0 Å². The zero-order chi connectivity index (χ0) is 12.9. The summed E-state index contributed by atoms with van der Waals surface area (Å²) in [4.78, 5) is 3.66. The van der Waals surface area contributed by atoms with E-state index in [-0.39, 0.29) is 22.9 Å². The lowest BCUT2D eigenvalue weighted by molar-refractivity contribution is 0.584. The van der Waals surface area contributed by atoms with Gasteiger partial charge < -0.3 is 5.73 Å². The number of sulfonamides is 1. The fourth-order valence-electron chi connectivity index (χ4n) is 1.13. The molecule has 1 heterocycles. The predicted octanol–water partition coefficient (Wildman–Crippen LogP) is -0.289. The van der Waals surface area contributed by atoms with E-state index < -0.39 is 20.8 Å². The second-order valence-corrected chi connectivity index (χ2v) is 6.84. The van der Waals surface area contributed by atoms with Crippen molar-refractivity contribution >= 4 is 26.5 Å². The molecule has 0 aromatic carbocycles. The highest BCUT2D eigenvalue weighted by Gasteiger charge is 2.16. The molecule has 1 aromatic rings. The molecule has 17 heavy (non-hydrogen) atoms. The maximum Gasteiger partial charge on any atom is 0.244 e. The van der Waals surface area contributed by atoms with Gasteiger partial charge in [-0.3, -0.25) is 9.19 Å². The summed E-state index contributed by atoms with van der Waals surface area (Å²) in [6.45, 7) is 1.90. The Morgan fingerprint density at radius 3 is 2.82 bits per heavy atom. The topological polar surface area (TPSA) is 102 Å². The van der Waals surface area contributed by atoms with Crippen LogP contribution in [0.5, 0.6) is 0 Å². The lowest BCUT2D eigenvalue weighted by Gasteiger charge is -2.07. The lowest BCUT2D eigenvalue weighted by atomic mass is 10.4. The van der Waals surface area contributed by atoms with Gasteiger partial charge in [-0.2, -0.15) is 0 Å². The number of rotatable bonds is 6. The molecule has 0 spiro atoms. The van der Waals surface area contributed by atoms with Crippen LogP contribution in [0.2, 0.25) is 0 Å². The Labute approximate surface area is 103 Å². The van der Waals surface area contributed by atoms with Gasteiger partial charge in [0.2, 0.25) is 10.0 Å². The van der Waals surface area contributed by atoms with E-state index in [0.717, 1.165) is 0 Å². The third kappa shape index (κ3) is 4.06. The van der Waals surface area contributed by atoms with Crippen LogP contribution >= 0.6 is 0 Å². The molecule has 1 unspecified atom stereocenters. The highest BCUT2D eigenvalue weighted by atomic mass is 32.2. The second-order valence-electron chi connectivity index (χ2n) is 3.24. The van der Waals surface area contributed by atoms with E-state index in [9.17, 15) is 12.6 Å². The number of pyridine rings is 1. The van der Waals surface area contributed by atoms with Gasteiger partial charge in [-0.05, 0) is 6.07 Å². The molecule has 0 radical (unpaired) electrons. The van der Waals surface area contributed by atoms with Crippen molar-refractivity contribution in [3.63, 3.8) is 0 Å². The first-order valence-electron chi connectivity index (χ1n) is 5.01. The number of hydrogen-bond acceptors (Lipinski definition) is 5. The molecule has 0 aliphatic rings. The van der Waals surface area contributed by atoms with Gasteiger partial charge in [0, 0.05) is 41.2 Å². The molecule has 6 nitrogen and oxygen atoms in total. The molecule has 8 heteroatoms. The molecule has 1 atom stereocenters. The molecule has 0 aliphatic heterocycles. The molecule has 0 aliphatic carbocycles. The van der Waals surface area contributed by atoms with Crippen LogP contribution in [0.15, 0.2) is 23.4 Å². The summed E-state index contributed by atoms with van der Waals surface area (Å²) in [5, 5.41) is 0. The maximum atomic E-state index is 11.8. The van der Waals surface area contributed by atoms with Gasteiger partial charge in [-0.15, -0.1) is 0 Å². The van der Waals surface area contributed by atoms with Crippen molar-refractivity contribution in [2.45, 2.75) is 11.8 Å². The average Bonchev–Trinajstić information content (AvgIpc) is 2.28. The Morgan fingerprint density at radius 2 is 2.24 bits per heavy atom. The zero-order valence-electron chi connectivity index (χ0n) is 9.42. The Bertz CT molecular complexity index is 502. The maximum absolute atomic E-state index is 11.8. The standard InChI is InChI=1S/C9H15N3O3S2/c1-2-16(13)6-5-12-17(14,15)9-7-11-4-3-8(9)10/h3-4,7,12H,2,5-6H2,1H3,(H2,10,11). The van der Waals surface area contributed by atoms with E-state index in [2.05, 4.69) is 9.71 Å². The summed E-state index contributed by atoms with van der Waals surface area (Å²) in [7, 11) is -4.66. The van der Waals surface area contributed by atoms with Crippen molar-refractivity contribution < 1.29 is 12.6 Å². The molecule has 0 fully saturated rings. The van der Waals surface area contributed by atoms with Gasteiger partial charge in [-0.25, -0.2) is 13.1 Å². The van der Waals surface area contributed by atoms with Crippen LogP contribution in [0.25, 0.3) is 0 Å². The van der Waals surface area contributed by atoms with E-state index in [1.165, 1.54) is 18.5 Å². The molecular weight excluding hydrogens is 262 g/mol. The fourth-order valence-corrected chi connectivity index (χ4v) is 2.98. The summed E-state index contributed by atoms with van der Waals surface area (Å²) in [6.07, 6.45) is 2.61. The molecule has 0 saturated carbocycles. The molecule has 0 saturated heterocycles. The quantitative estimate of drug-likeness (QED) is 0.744. The molecule has 1 rings (SSSR count). The van der Waals surface area contributed by atoms with E-state index in [0.29, 0.717) is 5.75 Å². The van der Waals surface area contributed by atoms with Crippen molar-refractivity contribution in [1.29, 1.82) is 0 Å². The van der Waals surface area contributed by atoms with Crippen molar-refractivity contribution in [2.24, 2.45) is 0 Å². The monoisotopic (exact) mass is 277 g/mol. The van der Waals surface area contributed by atoms with Crippen LogP contribution in [0.1, 0.15) is 6.92 Å². The first kappa shape index (κ1) is 14.1. The third-order valence-electron chi connectivity index (χ3n) is 2.05. The molecule has 96 valence electrons. The summed E-state index contributed by atoms with van der Waals surface area (Å²) >= 11 is 0. The minimum absolute atomic E-state index is 0.0534. The Morgan fingerprint density at radius 1 is 1.53 bits per heavy atom. The first-order valence-corrected chi connectivity index (χ1v) is 7.98. The van der Waals surface area contributed by atoms with E-state index in [1.54, 1.807) is 6.92 Å². The number of hydrogen-bond donors (Lipinski definition) is 2. The first-order chi connectivity index (χ1) is 7.97. The smallest absolute Gasteiger partial charge is 0.244 e. The number of anilines is 1. The number of nitrogen functional groups attached to an aromatic ring is 1. The molecular formula is C9H15N3O3S2. The molecule has 0 amide bonds. The van der Waals surface area contributed by atoms with Crippen molar-refractivity contribution in [3.8, 4) is 0 Å². The van der Waals surface area contributed by atoms with Gasteiger partial charge in [0.1, 0.15) is 4.90 Å². The van der Waals surface area contributed by atoms with E-state index in [1.807, 2.05) is 0 Å². The lowest BCUT2D eigenvalue weighted by Crippen LogP contribution is -2.28. The predicted molar refractivity (Wildman–Crippen MR) is 67.4 cm³/mol. The third-order valence-corrected chi connectivity index (χ3v) is 4.86. The summed E-state index contributed by atoms with van der Waals surface area (Å²) in [5.41, 5.74) is 5.69. The van der Waals surface area contributed by atoms with Crippen LogP contribution in [-0.4, -0.2) is 35.7 Å². The largest absolute Gasteiger partial charge is 0.398 e. The van der Waals surface area contributed by atoms with Gasteiger partial charge in [0.05, 0.1) is 5.69 Å². The molecule has 0 bridgehead atoms. The number of nitrogens with one attached hydrogen (secondary N) is 1. The highest BCUT2D eigenvalue weighted by molar-refractivity contribution is 7.89. The van der Waals surface area contributed by atoms with Crippen LogP contribution in [0.4, 0.5) is 5.69 Å². The Balaban J connectivity index is 2.70. The molecule has 3 N–H and O–H groups in total. The highest BCUT2D eigenvalue weighted by Crippen LogP contribution is 2.14. The molecule has 1 aromatic heterocycles. The van der Waals surface area contributed by atoms with Gasteiger partial charge in [0.25, 0.3) is 0 Å². The van der Waals surface area contributed by atoms with Crippen LogP contribution < -0.4 is 10.5 Å². The van der Waals surface area contributed by atoms with Crippen LogP contribution in [0.3, 0.4) is 0 Å².